The lowest BCUT2D eigenvalue weighted by molar-refractivity contribution is -0.132. The van der Waals surface area contributed by atoms with Gasteiger partial charge in [0.05, 0.1) is 12.6 Å². The van der Waals surface area contributed by atoms with Crippen LogP contribution in [0.5, 0.6) is 0 Å². The van der Waals surface area contributed by atoms with Crippen LogP contribution >= 0.6 is 0 Å². The number of nitrogens with zero attached hydrogens (tertiary/aromatic N) is 4. The zero-order chi connectivity index (χ0) is 19.3. The Balaban J connectivity index is 1.29. The molecule has 2 atom stereocenters. The minimum atomic E-state index is -0.361. The van der Waals surface area contributed by atoms with Crippen LogP contribution in [0, 0.1) is 11.7 Å². The first-order chi connectivity index (χ1) is 13.6. The normalized spacial score (nSPS) is 22.8. The zero-order valence-corrected chi connectivity index (χ0v) is 15.0. The highest BCUT2D eigenvalue weighted by molar-refractivity contribution is 5.95. The average Bonchev–Trinajstić information content (AvgIpc) is 3.30. The topological polar surface area (TPSA) is 78.4 Å². The number of rotatable bonds is 3. The lowest BCUT2D eigenvalue weighted by Gasteiger charge is -2.32. The van der Waals surface area contributed by atoms with E-state index >= 15 is 0 Å². The molecule has 1 saturated heterocycles. The van der Waals surface area contributed by atoms with Crippen LogP contribution in [0.1, 0.15) is 17.5 Å². The third-order valence-electron chi connectivity index (χ3n) is 5.65. The largest absolute Gasteiger partial charge is 0.334 e. The molecule has 2 aliphatic heterocycles. The maximum atomic E-state index is 13.5. The van der Waals surface area contributed by atoms with E-state index in [1.165, 1.54) is 28.9 Å². The highest BCUT2D eigenvalue weighted by Gasteiger charge is 2.42. The van der Waals surface area contributed by atoms with Crippen molar-refractivity contribution in [3.05, 3.63) is 59.9 Å². The summed E-state index contributed by atoms with van der Waals surface area (Å²) in [7, 11) is 0. The van der Waals surface area contributed by atoms with Gasteiger partial charge in [-0.15, -0.1) is 0 Å². The summed E-state index contributed by atoms with van der Waals surface area (Å²) in [4.78, 5) is 36.5. The van der Waals surface area contributed by atoms with Gasteiger partial charge in [0.1, 0.15) is 18.7 Å². The SMILES string of the molecule is O=C1Nc2ccc(F)cc2CN1CC(=O)N1C[C@@H]2C[C@H]1C=C2c1cncnc1. The molecular weight excluding hydrogens is 361 g/mol. The number of hydrogen-bond acceptors (Lipinski definition) is 4. The van der Waals surface area contributed by atoms with E-state index in [-0.39, 0.29) is 42.8 Å². The highest BCUT2D eigenvalue weighted by atomic mass is 19.1. The number of nitrogens with one attached hydrogen (secondary N) is 1. The summed E-state index contributed by atoms with van der Waals surface area (Å²) in [5.74, 6) is -0.187. The molecule has 7 nitrogen and oxygen atoms in total. The van der Waals surface area contributed by atoms with Crippen molar-refractivity contribution in [3.63, 3.8) is 0 Å². The van der Waals surface area contributed by atoms with Crippen LogP contribution in [0.2, 0.25) is 0 Å². The van der Waals surface area contributed by atoms with Crippen molar-refractivity contribution in [1.82, 2.24) is 19.8 Å². The lowest BCUT2D eigenvalue weighted by Crippen LogP contribution is -2.47. The monoisotopic (exact) mass is 379 g/mol. The summed E-state index contributed by atoms with van der Waals surface area (Å²) in [5.41, 5.74) is 3.44. The molecular formula is C20H18FN5O2. The van der Waals surface area contributed by atoms with Gasteiger partial charge < -0.3 is 15.1 Å². The molecule has 142 valence electrons. The molecule has 1 aromatic heterocycles. The van der Waals surface area contributed by atoms with Gasteiger partial charge in [0, 0.05) is 36.1 Å². The van der Waals surface area contributed by atoms with Gasteiger partial charge in [-0.05, 0) is 35.8 Å². The average molecular weight is 379 g/mol. The van der Waals surface area contributed by atoms with Gasteiger partial charge in [-0.1, -0.05) is 6.08 Å². The van der Waals surface area contributed by atoms with Crippen LogP contribution in [-0.2, 0) is 11.3 Å². The molecule has 3 aliphatic rings. The first-order valence-electron chi connectivity index (χ1n) is 9.19. The summed E-state index contributed by atoms with van der Waals surface area (Å²) >= 11 is 0. The Kier molecular flexibility index (Phi) is 3.85. The molecule has 1 aromatic carbocycles. The Bertz CT molecular complexity index is 993. The van der Waals surface area contributed by atoms with Gasteiger partial charge in [-0.2, -0.15) is 0 Å². The standard InChI is InChI=1S/C20H18FN5O2/c21-15-1-2-18-13(3-15)8-25(20(28)24-18)10-19(27)26-9-12-4-16(26)5-17(12)14-6-22-11-23-7-14/h1-3,5-7,11-12,16H,4,8-10H2,(H,24,28)/t12-,16-/m0/s1. The van der Waals surface area contributed by atoms with E-state index in [4.69, 9.17) is 0 Å². The van der Waals surface area contributed by atoms with Crippen molar-refractivity contribution in [2.24, 2.45) is 5.92 Å². The maximum absolute atomic E-state index is 13.5. The van der Waals surface area contributed by atoms with Crippen molar-refractivity contribution in [2.75, 3.05) is 18.4 Å². The van der Waals surface area contributed by atoms with Gasteiger partial charge in [0.2, 0.25) is 5.91 Å². The van der Waals surface area contributed by atoms with Crippen molar-refractivity contribution in [3.8, 4) is 0 Å². The summed E-state index contributed by atoms with van der Waals surface area (Å²) in [6.45, 7) is 0.822. The summed E-state index contributed by atoms with van der Waals surface area (Å²) in [5, 5.41) is 2.72. The quantitative estimate of drug-likeness (QED) is 0.888. The molecule has 2 aromatic rings. The number of likely N-dealkylation sites (tertiary alicyclic amines) is 1. The van der Waals surface area contributed by atoms with Crippen LogP contribution in [0.25, 0.3) is 5.57 Å². The zero-order valence-electron chi connectivity index (χ0n) is 15.0. The lowest BCUT2D eigenvalue weighted by atomic mass is 9.97. The predicted molar refractivity (Wildman–Crippen MR) is 99.4 cm³/mol. The van der Waals surface area contributed by atoms with Gasteiger partial charge in [0.15, 0.2) is 0 Å². The number of amides is 3. The maximum Gasteiger partial charge on any atom is 0.322 e. The summed E-state index contributed by atoms with van der Waals surface area (Å²) in [6, 6.07) is 3.93. The second-order valence-electron chi connectivity index (χ2n) is 7.38. The molecule has 8 heteroatoms. The van der Waals surface area contributed by atoms with Crippen molar-refractivity contribution in [2.45, 2.75) is 19.0 Å². The molecule has 2 bridgehead atoms. The van der Waals surface area contributed by atoms with Crippen LogP contribution in [0.4, 0.5) is 14.9 Å². The molecule has 0 spiro atoms. The van der Waals surface area contributed by atoms with Gasteiger partial charge >= 0.3 is 6.03 Å². The van der Waals surface area contributed by atoms with E-state index in [1.807, 2.05) is 4.90 Å². The Labute approximate surface area is 160 Å². The minimum Gasteiger partial charge on any atom is -0.334 e. The van der Waals surface area contributed by atoms with Crippen molar-refractivity contribution >= 4 is 23.2 Å². The smallest absolute Gasteiger partial charge is 0.322 e. The highest BCUT2D eigenvalue weighted by Crippen LogP contribution is 2.42. The first-order valence-corrected chi connectivity index (χ1v) is 9.19. The Morgan fingerprint density at radius 3 is 2.86 bits per heavy atom. The molecule has 0 saturated carbocycles. The molecule has 5 rings (SSSR count). The number of anilines is 1. The number of aromatic nitrogens is 2. The Morgan fingerprint density at radius 1 is 1.29 bits per heavy atom. The van der Waals surface area contributed by atoms with E-state index < -0.39 is 0 Å². The molecule has 0 unspecified atom stereocenters. The van der Waals surface area contributed by atoms with Crippen molar-refractivity contribution in [1.29, 1.82) is 0 Å². The van der Waals surface area contributed by atoms with E-state index in [0.29, 0.717) is 17.8 Å². The number of halogens is 1. The van der Waals surface area contributed by atoms with Crippen LogP contribution < -0.4 is 5.32 Å². The number of hydrogen-bond donors (Lipinski definition) is 1. The molecule has 3 heterocycles. The second kappa shape index (κ2) is 6.40. The molecule has 3 amide bonds. The number of fused-ring (bicyclic) bond motifs is 3. The van der Waals surface area contributed by atoms with Crippen LogP contribution in [0.15, 0.2) is 43.0 Å². The number of carbonyl (C=O) groups is 2. The Hall–Kier alpha value is -3.29. The van der Waals surface area contributed by atoms with Crippen LogP contribution in [-0.4, -0.2) is 50.8 Å². The van der Waals surface area contributed by atoms with Gasteiger partial charge in [0.25, 0.3) is 0 Å². The van der Waals surface area contributed by atoms with E-state index in [0.717, 1.165) is 12.0 Å². The fourth-order valence-corrected chi connectivity index (χ4v) is 4.33. The summed E-state index contributed by atoms with van der Waals surface area (Å²) in [6.07, 6.45) is 8.07. The molecule has 1 aliphatic carbocycles. The van der Waals surface area contributed by atoms with E-state index in [2.05, 4.69) is 21.4 Å². The second-order valence-corrected chi connectivity index (χ2v) is 7.38. The fourth-order valence-electron chi connectivity index (χ4n) is 4.33. The van der Waals surface area contributed by atoms with E-state index in [9.17, 15) is 14.0 Å². The van der Waals surface area contributed by atoms with Gasteiger partial charge in [-0.3, -0.25) is 4.79 Å². The predicted octanol–water partition coefficient (Wildman–Crippen LogP) is 2.28. The fraction of sp³-hybridized carbons (Fsp3) is 0.300. The summed E-state index contributed by atoms with van der Waals surface area (Å²) < 4.78 is 13.5. The van der Waals surface area contributed by atoms with E-state index in [1.54, 1.807) is 18.5 Å². The Morgan fingerprint density at radius 2 is 2.11 bits per heavy atom. The number of benzene rings is 1. The molecule has 28 heavy (non-hydrogen) atoms. The van der Waals surface area contributed by atoms with Crippen LogP contribution in [0.3, 0.4) is 0 Å². The molecule has 1 fully saturated rings. The van der Waals surface area contributed by atoms with Crippen molar-refractivity contribution < 1.29 is 14.0 Å². The molecule has 1 N–H and O–H groups in total. The minimum absolute atomic E-state index is 0.0252. The third kappa shape index (κ3) is 2.81. The first kappa shape index (κ1) is 16.9. The number of urea groups is 1. The van der Waals surface area contributed by atoms with Gasteiger partial charge in [-0.25, -0.2) is 19.2 Å². The molecule has 0 radical (unpaired) electrons. The third-order valence-corrected chi connectivity index (χ3v) is 5.65. The number of carbonyl (C=O) groups excluding carboxylic acids is 2.